The van der Waals surface area contributed by atoms with E-state index in [1.165, 1.54) is 6.92 Å². The summed E-state index contributed by atoms with van der Waals surface area (Å²) in [6.07, 6.45) is 0. The van der Waals surface area contributed by atoms with Gasteiger partial charge < -0.3 is 10.0 Å². The first-order valence-corrected chi connectivity index (χ1v) is 8.54. The summed E-state index contributed by atoms with van der Waals surface area (Å²) in [6.45, 7) is 3.73. The van der Waals surface area contributed by atoms with Gasteiger partial charge in [-0.05, 0) is 19.9 Å². The molecule has 2 amide bonds. The van der Waals surface area contributed by atoms with Gasteiger partial charge in [0.25, 0.3) is 11.8 Å². The number of nitrogens with zero attached hydrogens (tertiary/aromatic N) is 2. The Bertz CT molecular complexity index is 818. The predicted molar refractivity (Wildman–Crippen MR) is 95.5 cm³/mol. The van der Waals surface area contributed by atoms with Crippen LogP contribution in [0.15, 0.2) is 29.2 Å². The van der Waals surface area contributed by atoms with Crippen molar-refractivity contribution in [2.24, 2.45) is 0 Å². The number of benzene rings is 1. The number of carboxylic acid groups (broad SMARTS) is 1. The molecule has 0 aliphatic carbocycles. The summed E-state index contributed by atoms with van der Waals surface area (Å²) in [6, 6.07) is 6.15. The van der Waals surface area contributed by atoms with Crippen LogP contribution in [0.1, 0.15) is 19.4 Å². The fourth-order valence-electron chi connectivity index (χ4n) is 2.79. The third-order valence-electron chi connectivity index (χ3n) is 4.01. The smallest absolute Gasteiger partial charge is 0.326 e. The molecule has 124 valence electrons. The number of fused-ring (bicyclic) bond motifs is 1. The van der Waals surface area contributed by atoms with Crippen LogP contribution >= 0.6 is 24.0 Å². The Hall–Kier alpha value is -2.19. The molecule has 24 heavy (non-hydrogen) atoms. The Labute approximate surface area is 148 Å². The molecule has 0 bridgehead atoms. The molecule has 2 aliphatic heterocycles. The zero-order valence-electron chi connectivity index (χ0n) is 13.0. The Morgan fingerprint density at radius 1 is 1.29 bits per heavy atom. The number of anilines is 1. The Kier molecular flexibility index (Phi) is 4.18. The molecule has 1 atom stereocenters. The monoisotopic (exact) mass is 362 g/mol. The SMILES string of the molecule is CCN1C(=O)C(=C2SC(=S)N(C(C)C(=O)O)C2=O)c2ccccc21. The van der Waals surface area contributed by atoms with Crippen molar-refractivity contribution >= 4 is 57.3 Å². The normalized spacial score (nSPS) is 21.5. The number of thiocarbonyl (C=S) groups is 1. The van der Waals surface area contributed by atoms with Crippen LogP contribution in [-0.4, -0.2) is 44.7 Å². The average molecular weight is 362 g/mol. The summed E-state index contributed by atoms with van der Waals surface area (Å²) in [7, 11) is 0. The van der Waals surface area contributed by atoms with Crippen LogP contribution in [-0.2, 0) is 14.4 Å². The summed E-state index contributed by atoms with van der Waals surface area (Å²) >= 11 is 6.15. The topological polar surface area (TPSA) is 77.9 Å². The molecule has 0 aromatic heterocycles. The number of carbonyl (C=O) groups excluding carboxylic acids is 2. The minimum atomic E-state index is -1.15. The lowest BCUT2D eigenvalue weighted by molar-refractivity contribution is -0.144. The summed E-state index contributed by atoms with van der Waals surface area (Å²) in [5, 5.41) is 9.17. The molecule has 1 N–H and O–H groups in total. The van der Waals surface area contributed by atoms with Crippen LogP contribution in [0.2, 0.25) is 0 Å². The first-order chi connectivity index (χ1) is 11.4. The molecule has 3 rings (SSSR count). The molecule has 8 heteroatoms. The van der Waals surface area contributed by atoms with E-state index in [0.717, 1.165) is 22.3 Å². The first-order valence-electron chi connectivity index (χ1n) is 7.32. The van der Waals surface area contributed by atoms with Gasteiger partial charge in [0.15, 0.2) is 0 Å². The fourth-order valence-corrected chi connectivity index (χ4v) is 4.28. The van der Waals surface area contributed by atoms with E-state index in [0.29, 0.717) is 17.7 Å². The maximum absolute atomic E-state index is 12.8. The number of carboxylic acids is 1. The highest BCUT2D eigenvalue weighted by atomic mass is 32.2. The molecule has 0 spiro atoms. The lowest BCUT2D eigenvalue weighted by atomic mass is 10.1. The Balaban J connectivity index is 2.14. The van der Waals surface area contributed by atoms with Crippen LogP contribution in [0.3, 0.4) is 0 Å². The van der Waals surface area contributed by atoms with Crippen molar-refractivity contribution in [2.75, 3.05) is 11.4 Å². The fraction of sp³-hybridized carbons (Fsp3) is 0.250. The highest BCUT2D eigenvalue weighted by Gasteiger charge is 2.44. The highest BCUT2D eigenvalue weighted by Crippen LogP contribution is 2.44. The van der Waals surface area contributed by atoms with E-state index in [-0.39, 0.29) is 15.1 Å². The summed E-state index contributed by atoms with van der Waals surface area (Å²) in [5.41, 5.74) is 1.72. The molecule has 6 nitrogen and oxygen atoms in total. The van der Waals surface area contributed by atoms with E-state index < -0.39 is 17.9 Å². The third kappa shape index (κ3) is 2.33. The number of likely N-dealkylation sites (N-methyl/N-ethyl adjacent to an activating group) is 1. The number of hydrogen-bond acceptors (Lipinski definition) is 5. The van der Waals surface area contributed by atoms with Crippen LogP contribution in [0.25, 0.3) is 5.57 Å². The molecule has 2 aliphatic rings. The van der Waals surface area contributed by atoms with E-state index in [1.54, 1.807) is 17.0 Å². The number of rotatable bonds is 3. The van der Waals surface area contributed by atoms with Crippen molar-refractivity contribution in [1.29, 1.82) is 0 Å². The predicted octanol–water partition coefficient (Wildman–Crippen LogP) is 2.10. The lowest BCUT2D eigenvalue weighted by Gasteiger charge is -2.18. The van der Waals surface area contributed by atoms with Crippen LogP contribution in [0.4, 0.5) is 5.69 Å². The highest BCUT2D eigenvalue weighted by molar-refractivity contribution is 8.26. The minimum Gasteiger partial charge on any atom is -0.480 e. The third-order valence-corrected chi connectivity index (χ3v) is 5.41. The molecule has 2 heterocycles. The number of aliphatic carboxylic acids is 1. The van der Waals surface area contributed by atoms with Gasteiger partial charge in [-0.3, -0.25) is 14.5 Å². The van der Waals surface area contributed by atoms with Gasteiger partial charge in [0.1, 0.15) is 10.4 Å². The van der Waals surface area contributed by atoms with E-state index in [2.05, 4.69) is 0 Å². The zero-order valence-corrected chi connectivity index (χ0v) is 14.6. The lowest BCUT2D eigenvalue weighted by Crippen LogP contribution is -2.41. The second-order valence-electron chi connectivity index (χ2n) is 5.33. The second kappa shape index (κ2) is 6.03. The number of para-hydroxylation sites is 1. The second-order valence-corrected chi connectivity index (χ2v) is 6.97. The van der Waals surface area contributed by atoms with E-state index >= 15 is 0 Å². The Morgan fingerprint density at radius 2 is 1.96 bits per heavy atom. The quantitative estimate of drug-likeness (QED) is 0.655. The van der Waals surface area contributed by atoms with Crippen molar-refractivity contribution in [3.05, 3.63) is 34.7 Å². The van der Waals surface area contributed by atoms with Gasteiger partial charge in [0.05, 0.1) is 16.2 Å². The van der Waals surface area contributed by atoms with Gasteiger partial charge in [-0.2, -0.15) is 0 Å². The largest absolute Gasteiger partial charge is 0.480 e. The molecule has 1 saturated heterocycles. The van der Waals surface area contributed by atoms with Crippen LogP contribution in [0, 0.1) is 0 Å². The van der Waals surface area contributed by atoms with Crippen molar-refractivity contribution in [2.45, 2.75) is 19.9 Å². The molecule has 1 aromatic rings. The molecule has 1 unspecified atom stereocenters. The van der Waals surface area contributed by atoms with Crippen molar-refractivity contribution in [3.63, 3.8) is 0 Å². The van der Waals surface area contributed by atoms with Gasteiger partial charge in [-0.25, -0.2) is 4.79 Å². The van der Waals surface area contributed by atoms with E-state index in [1.807, 2.05) is 19.1 Å². The van der Waals surface area contributed by atoms with Crippen molar-refractivity contribution in [3.8, 4) is 0 Å². The van der Waals surface area contributed by atoms with E-state index in [4.69, 9.17) is 17.3 Å². The summed E-state index contributed by atoms with van der Waals surface area (Å²) in [4.78, 5) is 39.5. The maximum atomic E-state index is 12.8. The van der Waals surface area contributed by atoms with Gasteiger partial charge >= 0.3 is 5.97 Å². The minimum absolute atomic E-state index is 0.151. The van der Waals surface area contributed by atoms with Crippen LogP contribution < -0.4 is 4.90 Å². The standard InChI is InChI=1S/C16H14N2O4S2/c1-3-17-10-7-5-4-6-9(10)11(13(17)19)12-14(20)18(16(23)24-12)8(2)15(21)22/h4-8H,3H2,1-2H3,(H,21,22). The van der Waals surface area contributed by atoms with Gasteiger partial charge in [0.2, 0.25) is 0 Å². The van der Waals surface area contributed by atoms with Gasteiger partial charge in [-0.1, -0.05) is 42.2 Å². The number of hydrogen-bond donors (Lipinski definition) is 1. The molecular weight excluding hydrogens is 348 g/mol. The summed E-state index contributed by atoms with van der Waals surface area (Å²) < 4.78 is 0.151. The zero-order chi connectivity index (χ0) is 17.6. The number of thioether (sulfide) groups is 1. The molecule has 0 saturated carbocycles. The van der Waals surface area contributed by atoms with Crippen molar-refractivity contribution in [1.82, 2.24) is 4.90 Å². The average Bonchev–Trinajstić information content (AvgIpc) is 2.99. The number of carbonyl (C=O) groups is 3. The molecular formula is C16H14N2O4S2. The van der Waals surface area contributed by atoms with Gasteiger partial charge in [-0.15, -0.1) is 0 Å². The molecule has 1 fully saturated rings. The first kappa shape index (κ1) is 16.7. The van der Waals surface area contributed by atoms with Gasteiger partial charge in [0, 0.05) is 12.1 Å². The van der Waals surface area contributed by atoms with E-state index in [9.17, 15) is 14.4 Å². The maximum Gasteiger partial charge on any atom is 0.326 e. The van der Waals surface area contributed by atoms with Crippen LogP contribution in [0.5, 0.6) is 0 Å². The number of amides is 2. The van der Waals surface area contributed by atoms with Crippen molar-refractivity contribution < 1.29 is 19.5 Å². The molecule has 1 aromatic carbocycles. The molecule has 0 radical (unpaired) electrons. The Morgan fingerprint density at radius 3 is 2.58 bits per heavy atom. The summed E-state index contributed by atoms with van der Waals surface area (Å²) in [5.74, 6) is -1.94.